The molecule has 6 heteroatoms. The fourth-order valence-corrected chi connectivity index (χ4v) is 5.81. The second-order valence-corrected chi connectivity index (χ2v) is 12.2. The molecule has 0 aromatic rings. The van der Waals surface area contributed by atoms with Crippen molar-refractivity contribution in [1.82, 2.24) is 0 Å². The lowest BCUT2D eigenvalue weighted by Gasteiger charge is -2.18. The Kier molecular flexibility index (Phi) is 29.7. The van der Waals surface area contributed by atoms with E-state index in [-0.39, 0.29) is 12.6 Å². The average Bonchev–Trinajstić information content (AvgIpc) is 2.84. The van der Waals surface area contributed by atoms with Crippen molar-refractivity contribution in [3.8, 4) is 0 Å². The maximum atomic E-state index is 5.95. The van der Waals surface area contributed by atoms with Crippen LogP contribution < -0.4 is 0 Å². The van der Waals surface area contributed by atoms with Crippen molar-refractivity contribution < 1.29 is 18.9 Å². The number of hydrogen-bond acceptors (Lipinski definition) is 4. The van der Waals surface area contributed by atoms with Crippen molar-refractivity contribution in [2.24, 2.45) is 0 Å². The van der Waals surface area contributed by atoms with Crippen LogP contribution in [0.5, 0.6) is 0 Å². The van der Waals surface area contributed by atoms with Crippen LogP contribution in [-0.2, 0) is 18.9 Å². The van der Waals surface area contributed by atoms with Crippen LogP contribution in [0.4, 0.5) is 0 Å². The normalized spacial score (nSPS) is 11.8. The molecule has 0 aliphatic carbocycles. The Bertz CT molecular complexity index is 320. The van der Waals surface area contributed by atoms with E-state index in [9.17, 15) is 0 Å². The summed E-state index contributed by atoms with van der Waals surface area (Å²) in [4.78, 5) is 0. The van der Waals surface area contributed by atoms with Gasteiger partial charge < -0.3 is 18.9 Å². The van der Waals surface area contributed by atoms with E-state index in [4.69, 9.17) is 18.9 Å². The predicted molar refractivity (Wildman–Crippen MR) is 149 cm³/mol. The van der Waals surface area contributed by atoms with Gasteiger partial charge in [-0.2, -0.15) is 0 Å². The van der Waals surface area contributed by atoms with Gasteiger partial charge in [0.25, 0.3) is 0 Å². The van der Waals surface area contributed by atoms with Crippen LogP contribution in [0.25, 0.3) is 0 Å². The molecule has 0 N–H and O–H groups in total. The molecule has 0 bridgehead atoms. The average molecular weight is 515 g/mol. The third kappa shape index (κ3) is 25.4. The third-order valence-corrected chi connectivity index (χ3v) is 8.58. The fraction of sp³-hybridized carbons (Fsp3) is 1.00. The largest absolute Gasteiger partial charge is 0.353 e. The van der Waals surface area contributed by atoms with Crippen LogP contribution in [0.1, 0.15) is 118 Å². The molecule has 0 saturated carbocycles. The first-order valence-corrected chi connectivity index (χ1v) is 17.5. The quantitative estimate of drug-likeness (QED) is 0.0571. The zero-order valence-corrected chi connectivity index (χ0v) is 25.3. The molecule has 202 valence electrons. The molecule has 0 aliphatic heterocycles. The lowest BCUT2D eigenvalue weighted by atomic mass is 10.3. The molecular weight excluding hydrogens is 456 g/mol. The minimum Gasteiger partial charge on any atom is -0.353 e. The van der Waals surface area contributed by atoms with E-state index in [0.717, 1.165) is 84.0 Å². The van der Waals surface area contributed by atoms with Crippen LogP contribution in [0.2, 0.25) is 24.2 Å². The second kappa shape index (κ2) is 29.5. The molecular formula is C28H58O4Si2. The zero-order chi connectivity index (χ0) is 25.0. The second-order valence-electron chi connectivity index (χ2n) is 9.25. The molecule has 0 spiro atoms. The van der Waals surface area contributed by atoms with E-state index in [2.05, 4.69) is 27.7 Å². The van der Waals surface area contributed by atoms with Gasteiger partial charge in [-0.05, 0) is 38.5 Å². The van der Waals surface area contributed by atoms with E-state index in [1.165, 1.54) is 75.5 Å². The highest BCUT2D eigenvalue weighted by Gasteiger charge is 2.10. The smallest absolute Gasteiger partial charge is 0.157 e. The van der Waals surface area contributed by atoms with Gasteiger partial charge in [-0.15, -0.1) is 0 Å². The summed E-state index contributed by atoms with van der Waals surface area (Å²) in [7, 11) is 2.21. The van der Waals surface area contributed by atoms with Crippen molar-refractivity contribution in [3.63, 3.8) is 0 Å². The summed E-state index contributed by atoms with van der Waals surface area (Å²) in [6.45, 7) is 12.2. The number of unbranched alkanes of at least 4 members (excludes halogenated alkanes) is 5. The van der Waals surface area contributed by atoms with Crippen LogP contribution >= 0.6 is 0 Å². The predicted octanol–water partition coefficient (Wildman–Crippen LogP) is 8.33. The Morgan fingerprint density at radius 1 is 0.412 bits per heavy atom. The summed E-state index contributed by atoms with van der Waals surface area (Å²) >= 11 is 0. The van der Waals surface area contributed by atoms with E-state index in [1.807, 2.05) is 0 Å². The van der Waals surface area contributed by atoms with Crippen molar-refractivity contribution >= 4 is 19.0 Å². The minimum absolute atomic E-state index is 0.0257. The van der Waals surface area contributed by atoms with Gasteiger partial charge in [-0.1, -0.05) is 103 Å². The van der Waals surface area contributed by atoms with E-state index >= 15 is 0 Å². The summed E-state index contributed by atoms with van der Waals surface area (Å²) < 4.78 is 23.8. The van der Waals surface area contributed by atoms with Crippen molar-refractivity contribution in [2.45, 2.75) is 154 Å². The van der Waals surface area contributed by atoms with Gasteiger partial charge in [0.2, 0.25) is 0 Å². The van der Waals surface area contributed by atoms with Gasteiger partial charge in [-0.3, -0.25) is 0 Å². The van der Waals surface area contributed by atoms with Crippen LogP contribution in [0.3, 0.4) is 0 Å². The standard InChI is InChI=1S/C28H58O4Si2/c1-5-9-19-29-27(30-20-10-6-2)17-15-25-33-23-13-14-24-34-26-16-18-28(31-21-11-7-3)32-22-12-8-4/h27-28H,5-26H2,1-4H3. The molecule has 0 atom stereocenters. The van der Waals surface area contributed by atoms with Gasteiger partial charge in [0.1, 0.15) is 0 Å². The summed E-state index contributed by atoms with van der Waals surface area (Å²) in [5.41, 5.74) is 0. The summed E-state index contributed by atoms with van der Waals surface area (Å²) in [5.74, 6) is 0. The Morgan fingerprint density at radius 2 is 0.706 bits per heavy atom. The lowest BCUT2D eigenvalue weighted by molar-refractivity contribution is -0.147. The summed E-state index contributed by atoms with van der Waals surface area (Å²) in [5, 5.41) is 0. The maximum Gasteiger partial charge on any atom is 0.157 e. The summed E-state index contributed by atoms with van der Waals surface area (Å²) in [6.07, 6.45) is 16.7. The fourth-order valence-electron chi connectivity index (χ4n) is 3.40. The number of hydrogen-bond donors (Lipinski definition) is 0. The molecule has 4 radical (unpaired) electrons. The monoisotopic (exact) mass is 514 g/mol. The van der Waals surface area contributed by atoms with E-state index in [0.29, 0.717) is 0 Å². The maximum absolute atomic E-state index is 5.95. The molecule has 0 fully saturated rings. The Morgan fingerprint density at radius 3 is 1.00 bits per heavy atom. The molecule has 0 aromatic carbocycles. The first-order chi connectivity index (χ1) is 16.8. The van der Waals surface area contributed by atoms with Crippen LogP contribution in [-0.4, -0.2) is 58.0 Å². The van der Waals surface area contributed by atoms with Gasteiger partial charge in [0.15, 0.2) is 12.6 Å². The number of ether oxygens (including phenoxy) is 4. The number of rotatable bonds is 29. The highest BCUT2D eigenvalue weighted by molar-refractivity contribution is 6.36. The Hall–Kier alpha value is 0.274. The molecule has 0 aromatic heterocycles. The van der Waals surface area contributed by atoms with Gasteiger partial charge >= 0.3 is 0 Å². The highest BCUT2D eigenvalue weighted by atomic mass is 28.2. The molecule has 0 heterocycles. The van der Waals surface area contributed by atoms with Gasteiger partial charge in [0.05, 0.1) is 0 Å². The minimum atomic E-state index is 0.0257. The third-order valence-electron chi connectivity index (χ3n) is 5.75. The summed E-state index contributed by atoms with van der Waals surface area (Å²) in [6, 6.07) is 5.48. The Labute approximate surface area is 218 Å². The van der Waals surface area contributed by atoms with Crippen molar-refractivity contribution in [3.05, 3.63) is 0 Å². The first kappa shape index (κ1) is 34.3. The molecule has 0 amide bonds. The van der Waals surface area contributed by atoms with Gasteiger partial charge in [-0.25, -0.2) is 0 Å². The molecule has 0 saturated heterocycles. The van der Waals surface area contributed by atoms with Crippen molar-refractivity contribution in [1.29, 1.82) is 0 Å². The zero-order valence-electron chi connectivity index (χ0n) is 23.3. The van der Waals surface area contributed by atoms with Crippen LogP contribution in [0, 0.1) is 0 Å². The Balaban J connectivity index is 3.63. The van der Waals surface area contributed by atoms with E-state index < -0.39 is 0 Å². The molecule has 0 aliphatic rings. The molecule has 0 rings (SSSR count). The lowest BCUT2D eigenvalue weighted by Crippen LogP contribution is -2.19. The molecule has 34 heavy (non-hydrogen) atoms. The first-order valence-electron chi connectivity index (χ1n) is 14.7. The van der Waals surface area contributed by atoms with Crippen LogP contribution in [0.15, 0.2) is 0 Å². The van der Waals surface area contributed by atoms with Crippen molar-refractivity contribution in [2.75, 3.05) is 26.4 Å². The van der Waals surface area contributed by atoms with Gasteiger partial charge in [0, 0.05) is 45.5 Å². The van der Waals surface area contributed by atoms with E-state index in [1.54, 1.807) is 0 Å². The highest BCUT2D eigenvalue weighted by Crippen LogP contribution is 2.13. The topological polar surface area (TPSA) is 36.9 Å². The molecule has 4 nitrogen and oxygen atoms in total. The SMILES string of the molecule is CCCCOC(CCC[Si]CCCC[Si]CCCC(OCCCC)OCCCC)OCCCC. The molecule has 0 unspecified atom stereocenters.